The summed E-state index contributed by atoms with van der Waals surface area (Å²) in [5.74, 6) is -1.99. The van der Waals surface area contributed by atoms with Gasteiger partial charge in [0.1, 0.15) is 18.1 Å². The van der Waals surface area contributed by atoms with Crippen molar-refractivity contribution in [2.45, 2.75) is 5.92 Å². The number of nitrogens with zero attached hydrogens (tertiary/aromatic N) is 1. The zero-order valence-corrected chi connectivity index (χ0v) is 17.9. The van der Waals surface area contributed by atoms with Crippen LogP contribution in [0.3, 0.4) is 0 Å². The molecule has 5 rings (SSSR count). The number of carboxylic acids is 1. The lowest BCUT2D eigenvalue weighted by molar-refractivity contribution is 0.0703. The molecule has 1 heterocycles. The second-order valence-corrected chi connectivity index (χ2v) is 8.24. The molecule has 0 radical (unpaired) electrons. The Morgan fingerprint density at radius 2 is 1.52 bits per heavy atom. The van der Waals surface area contributed by atoms with Crippen LogP contribution in [-0.2, 0) is 4.74 Å². The molecule has 1 aliphatic rings. The first kappa shape index (κ1) is 20.8. The average Bonchev–Trinajstić information content (AvgIpc) is 3.37. The number of carbonyl (C=O) groups is 2. The second-order valence-electron chi connectivity index (χ2n) is 7.47. The van der Waals surface area contributed by atoms with E-state index < -0.39 is 17.9 Å². The molecule has 8 heteroatoms. The van der Waals surface area contributed by atoms with Crippen molar-refractivity contribution in [3.05, 3.63) is 94.6 Å². The molecule has 0 saturated carbocycles. The standard InChI is InChI=1S/C25H17FN2O4S/c26-20-12-6-5-11-18(20)21-22(23(24(29)30)33-28-21)27-25(31)32-13-19-16-9-3-1-7-14(16)15-8-2-4-10-17(15)19/h1-12,19H,13H2,(H,27,31)(H,29,30). The third kappa shape index (κ3) is 3.74. The van der Waals surface area contributed by atoms with Gasteiger partial charge in [0.2, 0.25) is 0 Å². The van der Waals surface area contributed by atoms with Gasteiger partial charge in [0.15, 0.2) is 4.88 Å². The summed E-state index contributed by atoms with van der Waals surface area (Å²) in [6.45, 7) is 0.0643. The largest absolute Gasteiger partial charge is 0.477 e. The minimum absolute atomic E-state index is 0.0454. The summed E-state index contributed by atoms with van der Waals surface area (Å²) in [5, 5.41) is 12.0. The summed E-state index contributed by atoms with van der Waals surface area (Å²) in [6, 6.07) is 21.7. The van der Waals surface area contributed by atoms with Gasteiger partial charge < -0.3 is 9.84 Å². The third-order valence-corrected chi connectivity index (χ3v) is 6.42. The lowest BCUT2D eigenvalue weighted by Crippen LogP contribution is -2.19. The molecule has 0 aliphatic heterocycles. The second kappa shape index (κ2) is 8.48. The molecule has 0 saturated heterocycles. The summed E-state index contributed by atoms with van der Waals surface area (Å²) < 4.78 is 23.9. The van der Waals surface area contributed by atoms with Crippen molar-refractivity contribution in [3.8, 4) is 22.4 Å². The number of nitrogens with one attached hydrogen (secondary N) is 1. The first-order valence-electron chi connectivity index (χ1n) is 10.1. The molecular weight excluding hydrogens is 443 g/mol. The van der Waals surface area contributed by atoms with Crippen LogP contribution in [0, 0.1) is 5.82 Å². The fourth-order valence-corrected chi connectivity index (χ4v) is 4.82. The molecule has 0 atom stereocenters. The minimum atomic E-state index is -1.27. The van der Waals surface area contributed by atoms with E-state index in [0.29, 0.717) is 11.5 Å². The van der Waals surface area contributed by atoms with Crippen LogP contribution in [0.1, 0.15) is 26.7 Å². The number of hydrogen-bond acceptors (Lipinski definition) is 5. The van der Waals surface area contributed by atoms with Gasteiger partial charge in [0.25, 0.3) is 0 Å². The Labute approximate surface area is 192 Å². The molecule has 1 amide bonds. The molecular formula is C25H17FN2O4S. The highest BCUT2D eigenvalue weighted by atomic mass is 32.1. The monoisotopic (exact) mass is 460 g/mol. The lowest BCUT2D eigenvalue weighted by Gasteiger charge is -2.15. The smallest absolute Gasteiger partial charge is 0.411 e. The first-order chi connectivity index (χ1) is 16.0. The Hall–Kier alpha value is -4.04. The molecule has 1 aromatic heterocycles. The van der Waals surface area contributed by atoms with Crippen molar-refractivity contribution in [3.63, 3.8) is 0 Å². The van der Waals surface area contributed by atoms with Gasteiger partial charge in [-0.05, 0) is 45.9 Å². The lowest BCUT2D eigenvalue weighted by atomic mass is 9.98. The predicted molar refractivity (Wildman–Crippen MR) is 123 cm³/mol. The van der Waals surface area contributed by atoms with Crippen LogP contribution < -0.4 is 5.32 Å². The number of ether oxygens (including phenoxy) is 1. The summed E-state index contributed by atoms with van der Waals surface area (Å²) in [7, 11) is 0. The number of carboxylic acid groups (broad SMARTS) is 1. The van der Waals surface area contributed by atoms with Crippen LogP contribution in [0.15, 0.2) is 72.8 Å². The number of fused-ring (bicyclic) bond motifs is 3. The van der Waals surface area contributed by atoms with E-state index in [0.717, 1.165) is 22.3 Å². The number of carbonyl (C=O) groups excluding carboxylic acids is 1. The predicted octanol–water partition coefficient (Wildman–Crippen LogP) is 6.01. The minimum Gasteiger partial charge on any atom is -0.477 e. The third-order valence-electron chi connectivity index (χ3n) is 5.59. The summed E-state index contributed by atoms with van der Waals surface area (Å²) in [5.41, 5.74) is 4.36. The van der Waals surface area contributed by atoms with Crippen molar-refractivity contribution < 1.29 is 23.8 Å². The van der Waals surface area contributed by atoms with E-state index >= 15 is 0 Å². The molecule has 3 aromatic carbocycles. The van der Waals surface area contributed by atoms with Crippen molar-refractivity contribution >= 4 is 29.3 Å². The van der Waals surface area contributed by atoms with Crippen molar-refractivity contribution in [2.24, 2.45) is 0 Å². The van der Waals surface area contributed by atoms with Crippen molar-refractivity contribution in [1.82, 2.24) is 4.37 Å². The highest BCUT2D eigenvalue weighted by Crippen LogP contribution is 2.44. The molecule has 33 heavy (non-hydrogen) atoms. The molecule has 0 spiro atoms. The van der Waals surface area contributed by atoms with Gasteiger partial charge in [0, 0.05) is 11.5 Å². The maximum atomic E-state index is 14.3. The maximum absolute atomic E-state index is 14.3. The molecule has 1 aliphatic carbocycles. The number of rotatable bonds is 5. The first-order valence-corrected chi connectivity index (χ1v) is 10.9. The molecule has 2 N–H and O–H groups in total. The Balaban J connectivity index is 1.39. The molecule has 4 aromatic rings. The molecule has 0 fully saturated rings. The summed E-state index contributed by atoms with van der Waals surface area (Å²) in [6.07, 6.45) is -0.836. The Morgan fingerprint density at radius 1 is 0.939 bits per heavy atom. The Bertz CT molecular complexity index is 1340. The maximum Gasteiger partial charge on any atom is 0.411 e. The number of amides is 1. The zero-order chi connectivity index (χ0) is 22.9. The van der Waals surface area contributed by atoms with E-state index in [9.17, 15) is 19.1 Å². The van der Waals surface area contributed by atoms with Crippen LogP contribution >= 0.6 is 11.5 Å². The van der Waals surface area contributed by atoms with E-state index in [1.807, 2.05) is 48.5 Å². The van der Waals surface area contributed by atoms with E-state index in [-0.39, 0.29) is 34.3 Å². The Kier molecular flexibility index (Phi) is 5.35. The van der Waals surface area contributed by atoms with Crippen molar-refractivity contribution in [2.75, 3.05) is 11.9 Å². The van der Waals surface area contributed by atoms with Crippen LogP contribution in [0.5, 0.6) is 0 Å². The van der Waals surface area contributed by atoms with E-state index in [1.165, 1.54) is 18.2 Å². The van der Waals surface area contributed by atoms with E-state index in [4.69, 9.17) is 4.74 Å². The van der Waals surface area contributed by atoms with Gasteiger partial charge in [-0.1, -0.05) is 60.7 Å². The van der Waals surface area contributed by atoms with Gasteiger partial charge in [-0.15, -0.1) is 0 Å². The molecule has 164 valence electrons. The summed E-state index contributed by atoms with van der Waals surface area (Å²) in [4.78, 5) is 24.1. The number of aromatic carboxylic acids is 1. The highest BCUT2D eigenvalue weighted by molar-refractivity contribution is 7.09. The van der Waals surface area contributed by atoms with Gasteiger partial charge in [-0.3, -0.25) is 5.32 Å². The summed E-state index contributed by atoms with van der Waals surface area (Å²) >= 11 is 0.668. The van der Waals surface area contributed by atoms with Gasteiger partial charge in [0.05, 0.1) is 5.69 Å². The van der Waals surface area contributed by atoms with Gasteiger partial charge >= 0.3 is 12.1 Å². The van der Waals surface area contributed by atoms with Gasteiger partial charge in [-0.25, -0.2) is 14.0 Å². The van der Waals surface area contributed by atoms with Crippen LogP contribution in [0.4, 0.5) is 14.9 Å². The normalized spacial score (nSPS) is 12.2. The average molecular weight is 460 g/mol. The SMILES string of the molecule is O=C(Nc1c(-c2ccccc2F)nsc1C(=O)O)OCC1c2ccccc2-c2ccccc21. The zero-order valence-electron chi connectivity index (χ0n) is 17.1. The molecule has 0 unspecified atom stereocenters. The quantitative estimate of drug-likeness (QED) is 0.381. The fourth-order valence-electron chi connectivity index (χ4n) is 4.13. The van der Waals surface area contributed by atoms with Crippen molar-refractivity contribution in [1.29, 1.82) is 0 Å². The number of halogens is 1. The van der Waals surface area contributed by atoms with Crippen LogP contribution in [-0.4, -0.2) is 28.1 Å². The van der Waals surface area contributed by atoms with Crippen LogP contribution in [0.25, 0.3) is 22.4 Å². The fraction of sp³-hybridized carbons (Fsp3) is 0.0800. The number of hydrogen-bond donors (Lipinski definition) is 2. The topological polar surface area (TPSA) is 88.5 Å². The van der Waals surface area contributed by atoms with E-state index in [1.54, 1.807) is 6.07 Å². The molecule has 0 bridgehead atoms. The number of benzene rings is 3. The van der Waals surface area contributed by atoms with Crippen LogP contribution in [0.2, 0.25) is 0 Å². The number of anilines is 1. The Morgan fingerprint density at radius 3 is 2.12 bits per heavy atom. The highest BCUT2D eigenvalue weighted by Gasteiger charge is 2.30. The van der Waals surface area contributed by atoms with E-state index in [2.05, 4.69) is 9.69 Å². The molecule has 6 nitrogen and oxygen atoms in total. The number of aromatic nitrogens is 1. The van der Waals surface area contributed by atoms with Gasteiger partial charge in [-0.2, -0.15) is 4.37 Å².